The highest BCUT2D eigenvalue weighted by Crippen LogP contribution is 2.39. The number of hydrogen-bond acceptors (Lipinski definition) is 5. The zero-order valence-electron chi connectivity index (χ0n) is 15.9. The fraction of sp³-hybridized carbons (Fsp3) is 0.286. The maximum atomic E-state index is 13.4. The molecule has 1 aromatic carbocycles. The molecule has 1 atom stereocenters. The first-order chi connectivity index (χ1) is 14.1. The van der Waals surface area contributed by atoms with Gasteiger partial charge in [-0.2, -0.15) is 13.2 Å². The van der Waals surface area contributed by atoms with E-state index in [4.69, 9.17) is 4.74 Å². The molecule has 30 heavy (non-hydrogen) atoms. The Morgan fingerprint density at radius 1 is 1.17 bits per heavy atom. The Morgan fingerprint density at radius 3 is 2.60 bits per heavy atom. The van der Waals surface area contributed by atoms with E-state index in [0.29, 0.717) is 27.9 Å². The number of aliphatic hydroxyl groups is 1. The van der Waals surface area contributed by atoms with Crippen LogP contribution in [0.3, 0.4) is 0 Å². The number of hydrogen-bond donors (Lipinski definition) is 1. The average molecular weight is 416 g/mol. The van der Waals surface area contributed by atoms with Gasteiger partial charge in [-0.3, -0.25) is 4.79 Å². The maximum absolute atomic E-state index is 13.4. The van der Waals surface area contributed by atoms with Gasteiger partial charge in [0.05, 0.1) is 34.6 Å². The van der Waals surface area contributed by atoms with E-state index in [1.54, 1.807) is 13.0 Å². The molecule has 1 unspecified atom stereocenters. The second-order valence-corrected chi connectivity index (χ2v) is 7.60. The van der Waals surface area contributed by atoms with Crippen molar-refractivity contribution in [2.45, 2.75) is 39.3 Å². The molecule has 5 rings (SSSR count). The molecule has 0 bridgehead atoms. The number of nitrogens with zero attached hydrogens (tertiary/aromatic N) is 2. The van der Waals surface area contributed by atoms with Gasteiger partial charge in [0.25, 0.3) is 5.56 Å². The van der Waals surface area contributed by atoms with Gasteiger partial charge in [0, 0.05) is 16.5 Å². The zero-order chi connectivity index (χ0) is 21.5. The van der Waals surface area contributed by atoms with E-state index >= 15 is 0 Å². The second kappa shape index (κ2) is 5.91. The lowest BCUT2D eigenvalue weighted by Crippen LogP contribution is -2.32. The maximum Gasteiger partial charge on any atom is 0.416 e. The molecule has 9 heteroatoms. The second-order valence-electron chi connectivity index (χ2n) is 7.60. The minimum atomic E-state index is -4.51. The first-order valence-corrected chi connectivity index (χ1v) is 9.20. The van der Waals surface area contributed by atoms with Crippen LogP contribution >= 0.6 is 0 Å². The molecule has 0 saturated heterocycles. The number of aryl methyl sites for hydroxylation is 1. The standard InChI is InChI=1S/C21H15F3N2O4/c1-8-9(2)14(21(22,23)24)5-15-11(8)3-10-6-26-16(17(10)25-15)4-12-13(19(26)28)7-30-20(29)18(12)27/h3-5,18,27H,6-7H2,1-2H3. The van der Waals surface area contributed by atoms with Crippen LogP contribution in [0.1, 0.15) is 39.5 Å². The Bertz CT molecular complexity index is 1340. The van der Waals surface area contributed by atoms with Crippen LogP contribution in [0.2, 0.25) is 0 Å². The molecule has 2 aliphatic heterocycles. The summed E-state index contributed by atoms with van der Waals surface area (Å²) >= 11 is 0. The predicted octanol–water partition coefficient (Wildman–Crippen LogP) is 3.15. The van der Waals surface area contributed by atoms with Crippen LogP contribution in [0.25, 0.3) is 22.3 Å². The highest BCUT2D eigenvalue weighted by atomic mass is 19.4. The first-order valence-electron chi connectivity index (χ1n) is 9.20. The molecular weight excluding hydrogens is 401 g/mol. The third-order valence-electron chi connectivity index (χ3n) is 5.97. The van der Waals surface area contributed by atoms with E-state index in [2.05, 4.69) is 4.98 Å². The summed E-state index contributed by atoms with van der Waals surface area (Å²) in [4.78, 5) is 29.0. The van der Waals surface area contributed by atoms with Gasteiger partial charge in [0.1, 0.15) is 6.61 Å². The first kappa shape index (κ1) is 18.8. The Kier molecular flexibility index (Phi) is 3.71. The lowest BCUT2D eigenvalue weighted by molar-refractivity contribution is -0.157. The van der Waals surface area contributed by atoms with Crippen molar-refractivity contribution < 1.29 is 27.8 Å². The molecule has 1 N–H and O–H groups in total. The fourth-order valence-electron chi connectivity index (χ4n) is 4.23. The number of benzene rings is 1. The van der Waals surface area contributed by atoms with Gasteiger partial charge >= 0.3 is 12.1 Å². The smallest absolute Gasteiger partial charge is 0.416 e. The summed E-state index contributed by atoms with van der Waals surface area (Å²) < 4.78 is 46.6. The van der Waals surface area contributed by atoms with Crippen LogP contribution in [0, 0.1) is 13.8 Å². The molecule has 4 heterocycles. The Morgan fingerprint density at radius 2 is 1.90 bits per heavy atom. The molecule has 0 radical (unpaired) electrons. The molecule has 0 aliphatic carbocycles. The largest absolute Gasteiger partial charge is 0.458 e. The van der Waals surface area contributed by atoms with Crippen molar-refractivity contribution in [3.8, 4) is 11.4 Å². The van der Waals surface area contributed by atoms with Gasteiger partial charge in [-0.1, -0.05) is 0 Å². The van der Waals surface area contributed by atoms with Crippen LogP contribution in [-0.2, 0) is 28.9 Å². The Labute approximate surface area is 167 Å². The number of carbonyl (C=O) groups excluding carboxylic acids is 1. The van der Waals surface area contributed by atoms with Crippen LogP contribution in [0.15, 0.2) is 23.0 Å². The number of alkyl halides is 3. The quantitative estimate of drug-likeness (QED) is 0.446. The van der Waals surface area contributed by atoms with Crippen molar-refractivity contribution in [3.05, 3.63) is 61.9 Å². The summed E-state index contributed by atoms with van der Waals surface area (Å²) in [5.74, 6) is -0.850. The lowest BCUT2D eigenvalue weighted by Gasteiger charge is -2.21. The summed E-state index contributed by atoms with van der Waals surface area (Å²) in [7, 11) is 0. The molecule has 0 fully saturated rings. The van der Waals surface area contributed by atoms with E-state index in [1.807, 2.05) is 0 Å². The van der Waals surface area contributed by atoms with E-state index in [0.717, 1.165) is 6.07 Å². The third-order valence-corrected chi connectivity index (χ3v) is 5.97. The van der Waals surface area contributed by atoms with Gasteiger partial charge in [0.2, 0.25) is 0 Å². The summed E-state index contributed by atoms with van der Waals surface area (Å²) in [6, 6.07) is 4.27. The monoisotopic (exact) mass is 416 g/mol. The normalized spacial score (nSPS) is 17.5. The van der Waals surface area contributed by atoms with Crippen LogP contribution in [0.5, 0.6) is 0 Å². The molecule has 0 amide bonds. The SMILES string of the molecule is Cc1c(C(F)(F)F)cc2nc3c(cc2c1C)Cn1c-3cc2c(c1=O)COC(=O)C2O. The number of rotatable bonds is 0. The van der Waals surface area contributed by atoms with Gasteiger partial charge in [-0.15, -0.1) is 0 Å². The summed E-state index contributed by atoms with van der Waals surface area (Å²) in [6.07, 6.45) is -6.10. The van der Waals surface area contributed by atoms with Crippen LogP contribution in [-0.4, -0.2) is 20.6 Å². The van der Waals surface area contributed by atoms with Crippen molar-refractivity contribution in [1.29, 1.82) is 0 Å². The third kappa shape index (κ3) is 2.44. The number of pyridine rings is 2. The van der Waals surface area contributed by atoms with Crippen LogP contribution < -0.4 is 5.56 Å². The summed E-state index contributed by atoms with van der Waals surface area (Å²) in [5, 5.41) is 10.7. The zero-order valence-corrected chi connectivity index (χ0v) is 15.9. The van der Waals surface area contributed by atoms with Crippen molar-refractivity contribution in [2.24, 2.45) is 0 Å². The number of aromatic nitrogens is 2. The van der Waals surface area contributed by atoms with Crippen molar-refractivity contribution >= 4 is 16.9 Å². The van der Waals surface area contributed by atoms with E-state index in [1.165, 1.54) is 17.6 Å². The number of carbonyl (C=O) groups is 1. The number of fused-ring (bicyclic) bond motifs is 5. The highest BCUT2D eigenvalue weighted by Gasteiger charge is 2.36. The van der Waals surface area contributed by atoms with Crippen LogP contribution in [0.4, 0.5) is 13.2 Å². The van der Waals surface area contributed by atoms with E-state index in [-0.39, 0.29) is 35.4 Å². The summed E-state index contributed by atoms with van der Waals surface area (Å²) in [5.41, 5.74) is 1.36. The number of halogens is 3. The molecule has 6 nitrogen and oxygen atoms in total. The van der Waals surface area contributed by atoms with Crippen molar-refractivity contribution in [1.82, 2.24) is 9.55 Å². The van der Waals surface area contributed by atoms with Crippen molar-refractivity contribution in [2.75, 3.05) is 0 Å². The number of aliphatic hydroxyl groups excluding tert-OH is 1. The Balaban J connectivity index is 1.78. The predicted molar refractivity (Wildman–Crippen MR) is 99.8 cm³/mol. The molecule has 2 aromatic heterocycles. The Hall–Kier alpha value is -3.20. The van der Waals surface area contributed by atoms with Gasteiger partial charge in [-0.05, 0) is 43.2 Å². The molecular formula is C21H15F3N2O4. The number of cyclic esters (lactones) is 1. The van der Waals surface area contributed by atoms with E-state index in [9.17, 15) is 27.9 Å². The molecule has 3 aromatic rings. The molecule has 0 saturated carbocycles. The van der Waals surface area contributed by atoms with Gasteiger partial charge in [-0.25, -0.2) is 9.78 Å². The molecule has 0 spiro atoms. The van der Waals surface area contributed by atoms with E-state index < -0.39 is 29.4 Å². The molecule has 154 valence electrons. The van der Waals surface area contributed by atoms with Gasteiger partial charge in [0.15, 0.2) is 6.10 Å². The molecule has 2 aliphatic rings. The number of ether oxygens (including phenoxy) is 1. The average Bonchev–Trinajstić information content (AvgIpc) is 3.04. The van der Waals surface area contributed by atoms with Crippen molar-refractivity contribution in [3.63, 3.8) is 0 Å². The topological polar surface area (TPSA) is 81.4 Å². The lowest BCUT2D eigenvalue weighted by atomic mass is 9.96. The van der Waals surface area contributed by atoms with Gasteiger partial charge < -0.3 is 14.4 Å². The summed E-state index contributed by atoms with van der Waals surface area (Å²) in [6.45, 7) is 3.01. The minimum absolute atomic E-state index is 0.138. The number of esters is 1. The fourth-order valence-corrected chi connectivity index (χ4v) is 4.23. The highest BCUT2D eigenvalue weighted by molar-refractivity contribution is 5.89. The minimum Gasteiger partial charge on any atom is -0.458 e.